The molecule has 0 radical (unpaired) electrons. The van der Waals surface area contributed by atoms with E-state index in [1.807, 2.05) is 48.5 Å². The number of nitrogen functional groups attached to an aromatic ring is 1. The van der Waals surface area contributed by atoms with Gasteiger partial charge in [-0.3, -0.25) is 9.80 Å². The van der Waals surface area contributed by atoms with Crippen LogP contribution in [-0.4, -0.2) is 33.9 Å². The van der Waals surface area contributed by atoms with E-state index in [0.717, 1.165) is 37.1 Å². The number of hydrogen-bond donors (Lipinski definition) is 4. The maximum Gasteiger partial charge on any atom is 0.255 e. The first-order valence-corrected chi connectivity index (χ1v) is 13.3. The summed E-state index contributed by atoms with van der Waals surface area (Å²) in [6, 6.07) is 23.5. The molecule has 198 valence electrons. The van der Waals surface area contributed by atoms with E-state index < -0.39 is 0 Å². The second kappa shape index (κ2) is 10.7. The van der Waals surface area contributed by atoms with Crippen molar-refractivity contribution in [3.05, 3.63) is 101 Å². The van der Waals surface area contributed by atoms with Crippen LogP contribution < -0.4 is 26.8 Å². The van der Waals surface area contributed by atoms with Gasteiger partial charge in [-0.25, -0.2) is 5.43 Å². The molecule has 0 spiro atoms. The molecule has 1 saturated carbocycles. The molecule has 9 nitrogen and oxygen atoms in total. The molecule has 1 aromatic heterocycles. The first-order chi connectivity index (χ1) is 19.1. The van der Waals surface area contributed by atoms with E-state index in [-0.39, 0.29) is 11.9 Å². The molecule has 5 N–H and O–H groups in total. The average Bonchev–Trinajstić information content (AvgIpc) is 3.73. The van der Waals surface area contributed by atoms with Crippen molar-refractivity contribution < 1.29 is 4.79 Å². The van der Waals surface area contributed by atoms with E-state index in [9.17, 15) is 4.79 Å². The van der Waals surface area contributed by atoms with Crippen LogP contribution in [0, 0.1) is 0 Å². The minimum absolute atomic E-state index is 0.207. The third-order valence-electron chi connectivity index (χ3n) is 7.24. The number of nitrogens with zero attached hydrogens (tertiary/aromatic N) is 4. The summed E-state index contributed by atoms with van der Waals surface area (Å²) in [5.41, 5.74) is 14.6. The van der Waals surface area contributed by atoms with Crippen LogP contribution in [0.1, 0.15) is 51.6 Å². The van der Waals surface area contributed by atoms with E-state index in [2.05, 4.69) is 40.3 Å². The van der Waals surface area contributed by atoms with Crippen LogP contribution in [0.5, 0.6) is 0 Å². The lowest BCUT2D eigenvalue weighted by Gasteiger charge is -2.23. The van der Waals surface area contributed by atoms with Crippen LogP contribution in [0.3, 0.4) is 0 Å². The number of fused-ring (bicyclic) bond motifs is 1. The maximum absolute atomic E-state index is 12.7. The number of nitrogens with one attached hydrogen (secondary N) is 3. The fourth-order valence-corrected chi connectivity index (χ4v) is 4.93. The topological polar surface area (TPSA) is 121 Å². The first kappa shape index (κ1) is 24.8. The van der Waals surface area contributed by atoms with E-state index >= 15 is 0 Å². The second-order valence-corrected chi connectivity index (χ2v) is 10.2. The number of anilines is 4. The Balaban J connectivity index is 1.16. The first-order valence-electron chi connectivity index (χ1n) is 13.3. The smallest absolute Gasteiger partial charge is 0.255 e. The number of rotatable bonds is 9. The standard InChI is InChI=1S/C30H32N8O/c1-32-38(18-19-10-12-21(13-11-19)28(39)34-26-9-5-4-8-25(26)31)30-36-27(20-14-15-20)35-29(37-30)33-24-16-22-6-2-3-7-23(22)17-24/h2-13,20,24,32H,14-18,31H2,1H3,(H,34,39)(H,33,35,36,37). The number of para-hydroxylation sites is 2. The van der Waals surface area contributed by atoms with Crippen molar-refractivity contribution in [2.75, 3.05) is 28.4 Å². The summed E-state index contributed by atoms with van der Waals surface area (Å²) in [7, 11) is 1.85. The Kier molecular flexibility index (Phi) is 6.81. The predicted molar refractivity (Wildman–Crippen MR) is 154 cm³/mol. The van der Waals surface area contributed by atoms with Gasteiger partial charge < -0.3 is 16.4 Å². The average molecular weight is 521 g/mol. The van der Waals surface area contributed by atoms with Crippen molar-refractivity contribution in [1.29, 1.82) is 0 Å². The summed E-state index contributed by atoms with van der Waals surface area (Å²) >= 11 is 0. The number of aromatic nitrogens is 3. The predicted octanol–water partition coefficient (Wildman–Crippen LogP) is 4.30. The van der Waals surface area contributed by atoms with Crippen LogP contribution in [0.4, 0.5) is 23.3 Å². The van der Waals surface area contributed by atoms with Gasteiger partial charge in [0.25, 0.3) is 5.91 Å². The number of amides is 1. The number of hydrazine groups is 1. The number of nitrogens with two attached hydrogens (primary N) is 1. The van der Waals surface area contributed by atoms with Crippen molar-refractivity contribution in [3.8, 4) is 0 Å². The molecule has 2 aliphatic carbocycles. The molecule has 1 fully saturated rings. The van der Waals surface area contributed by atoms with Gasteiger partial charge in [0.2, 0.25) is 11.9 Å². The Hall–Kier alpha value is -4.50. The third-order valence-corrected chi connectivity index (χ3v) is 7.24. The van der Waals surface area contributed by atoms with Gasteiger partial charge in [0.15, 0.2) is 0 Å². The van der Waals surface area contributed by atoms with Gasteiger partial charge in [-0.1, -0.05) is 48.5 Å². The molecular weight excluding hydrogens is 488 g/mol. The van der Waals surface area contributed by atoms with E-state index in [1.165, 1.54) is 11.1 Å². The molecule has 3 aromatic carbocycles. The van der Waals surface area contributed by atoms with E-state index in [0.29, 0.717) is 41.3 Å². The summed E-state index contributed by atoms with van der Waals surface area (Å²) < 4.78 is 0. The molecule has 0 bridgehead atoms. The van der Waals surface area contributed by atoms with Crippen molar-refractivity contribution in [2.45, 2.75) is 44.2 Å². The Labute approximate surface area is 227 Å². The lowest BCUT2D eigenvalue weighted by Crippen LogP contribution is -2.36. The highest BCUT2D eigenvalue weighted by Crippen LogP contribution is 2.39. The molecular formula is C30H32N8O. The zero-order valence-electron chi connectivity index (χ0n) is 21.9. The minimum Gasteiger partial charge on any atom is -0.397 e. The maximum atomic E-state index is 12.7. The monoisotopic (exact) mass is 520 g/mol. The minimum atomic E-state index is -0.207. The Morgan fingerprint density at radius 3 is 2.28 bits per heavy atom. The highest BCUT2D eigenvalue weighted by molar-refractivity contribution is 6.05. The van der Waals surface area contributed by atoms with Gasteiger partial charge in [0.1, 0.15) is 5.82 Å². The van der Waals surface area contributed by atoms with E-state index in [1.54, 1.807) is 12.1 Å². The largest absolute Gasteiger partial charge is 0.397 e. The number of carbonyl (C=O) groups is 1. The Morgan fingerprint density at radius 1 is 0.923 bits per heavy atom. The lowest BCUT2D eigenvalue weighted by molar-refractivity contribution is 0.102. The quantitative estimate of drug-likeness (QED) is 0.190. The summed E-state index contributed by atoms with van der Waals surface area (Å²) in [6.45, 7) is 0.520. The number of benzene rings is 3. The molecule has 0 unspecified atom stereocenters. The zero-order chi connectivity index (χ0) is 26.8. The number of hydrogen-bond acceptors (Lipinski definition) is 8. The zero-order valence-corrected chi connectivity index (χ0v) is 21.9. The molecule has 2 aliphatic rings. The van der Waals surface area contributed by atoms with Gasteiger partial charge in [-0.15, -0.1) is 0 Å². The normalized spacial score (nSPS) is 14.6. The fourth-order valence-electron chi connectivity index (χ4n) is 4.93. The molecule has 4 aromatic rings. The Morgan fingerprint density at radius 2 is 1.62 bits per heavy atom. The van der Waals surface area contributed by atoms with Gasteiger partial charge in [0, 0.05) is 24.6 Å². The van der Waals surface area contributed by atoms with Crippen LogP contribution in [0.15, 0.2) is 72.8 Å². The van der Waals surface area contributed by atoms with Crippen LogP contribution in [-0.2, 0) is 19.4 Å². The molecule has 0 saturated heterocycles. The van der Waals surface area contributed by atoms with Crippen molar-refractivity contribution in [3.63, 3.8) is 0 Å². The lowest BCUT2D eigenvalue weighted by atomic mass is 10.1. The summed E-state index contributed by atoms with van der Waals surface area (Å²) in [5.74, 6) is 2.22. The Bertz CT molecular complexity index is 1460. The van der Waals surface area contributed by atoms with Crippen LogP contribution in [0.2, 0.25) is 0 Å². The van der Waals surface area contributed by atoms with Crippen molar-refractivity contribution >= 4 is 29.2 Å². The third kappa shape index (κ3) is 5.68. The van der Waals surface area contributed by atoms with Gasteiger partial charge in [-0.05, 0) is 66.6 Å². The summed E-state index contributed by atoms with van der Waals surface area (Å²) in [5, 5.41) is 8.34. The van der Waals surface area contributed by atoms with E-state index in [4.69, 9.17) is 20.7 Å². The second-order valence-electron chi connectivity index (χ2n) is 10.2. The van der Waals surface area contributed by atoms with Gasteiger partial charge >= 0.3 is 0 Å². The fraction of sp³-hybridized carbons (Fsp3) is 0.267. The highest BCUT2D eigenvalue weighted by Gasteiger charge is 2.29. The van der Waals surface area contributed by atoms with Gasteiger partial charge in [-0.2, -0.15) is 15.0 Å². The molecule has 9 heteroatoms. The summed E-state index contributed by atoms with van der Waals surface area (Å²) in [4.78, 5) is 27.1. The molecule has 0 aliphatic heterocycles. The highest BCUT2D eigenvalue weighted by atomic mass is 16.1. The molecule has 1 amide bonds. The van der Waals surface area contributed by atoms with Crippen molar-refractivity contribution in [2.24, 2.45) is 0 Å². The molecule has 6 rings (SSSR count). The molecule has 1 heterocycles. The SMILES string of the molecule is CNN(Cc1ccc(C(=O)Nc2ccccc2N)cc1)c1nc(NC2Cc3ccccc3C2)nc(C2CC2)n1. The van der Waals surface area contributed by atoms with Gasteiger partial charge in [0.05, 0.1) is 17.9 Å². The summed E-state index contributed by atoms with van der Waals surface area (Å²) in [6.07, 6.45) is 4.13. The van der Waals surface area contributed by atoms with Crippen LogP contribution >= 0.6 is 0 Å². The van der Waals surface area contributed by atoms with Crippen molar-refractivity contribution in [1.82, 2.24) is 20.4 Å². The molecule has 39 heavy (non-hydrogen) atoms. The number of carbonyl (C=O) groups excluding carboxylic acids is 1. The molecule has 0 atom stereocenters. The van der Waals surface area contributed by atoms with Crippen LogP contribution in [0.25, 0.3) is 0 Å².